The SMILES string of the molecule is CN(C1CC1)C(C(=O)O)C1CC1. The highest BCUT2D eigenvalue weighted by Gasteiger charge is 2.43. The van der Waals surface area contributed by atoms with E-state index in [2.05, 4.69) is 4.90 Å². The Morgan fingerprint density at radius 1 is 1.42 bits per heavy atom. The monoisotopic (exact) mass is 169 g/mol. The first kappa shape index (κ1) is 8.05. The van der Waals surface area contributed by atoms with Gasteiger partial charge in [-0.2, -0.15) is 0 Å². The van der Waals surface area contributed by atoms with Crippen molar-refractivity contribution in [3.63, 3.8) is 0 Å². The first-order valence-corrected chi connectivity index (χ1v) is 4.65. The third-order valence-electron chi connectivity index (χ3n) is 2.88. The van der Waals surface area contributed by atoms with Crippen molar-refractivity contribution in [2.75, 3.05) is 7.05 Å². The van der Waals surface area contributed by atoms with Crippen LogP contribution in [0.15, 0.2) is 0 Å². The molecule has 0 radical (unpaired) electrons. The topological polar surface area (TPSA) is 40.5 Å². The third kappa shape index (κ3) is 1.46. The van der Waals surface area contributed by atoms with Gasteiger partial charge in [-0.1, -0.05) is 0 Å². The van der Waals surface area contributed by atoms with Crippen molar-refractivity contribution in [3.05, 3.63) is 0 Å². The molecule has 68 valence electrons. The lowest BCUT2D eigenvalue weighted by Gasteiger charge is -2.23. The Kier molecular flexibility index (Phi) is 1.83. The minimum atomic E-state index is -0.632. The average molecular weight is 169 g/mol. The molecule has 2 fully saturated rings. The number of hydrogen-bond acceptors (Lipinski definition) is 2. The molecule has 2 saturated carbocycles. The fourth-order valence-electron chi connectivity index (χ4n) is 1.83. The molecule has 0 amide bonds. The summed E-state index contributed by atoms with van der Waals surface area (Å²) >= 11 is 0. The molecule has 0 spiro atoms. The van der Waals surface area contributed by atoms with Crippen molar-refractivity contribution in [1.29, 1.82) is 0 Å². The number of hydrogen-bond donors (Lipinski definition) is 1. The van der Waals surface area contributed by atoms with Crippen LogP contribution in [0.3, 0.4) is 0 Å². The Hall–Kier alpha value is -0.570. The minimum Gasteiger partial charge on any atom is -0.480 e. The van der Waals surface area contributed by atoms with Crippen LogP contribution >= 0.6 is 0 Å². The van der Waals surface area contributed by atoms with Crippen molar-refractivity contribution in [2.24, 2.45) is 5.92 Å². The molecule has 0 aromatic carbocycles. The van der Waals surface area contributed by atoms with E-state index in [0.717, 1.165) is 12.8 Å². The molecule has 1 atom stereocenters. The fourth-order valence-corrected chi connectivity index (χ4v) is 1.83. The summed E-state index contributed by atoms with van der Waals surface area (Å²) in [5.74, 6) is -0.194. The zero-order chi connectivity index (χ0) is 8.72. The van der Waals surface area contributed by atoms with Crippen LogP contribution in [0.5, 0.6) is 0 Å². The molecular formula is C9H15NO2. The molecule has 0 aromatic heterocycles. The van der Waals surface area contributed by atoms with Gasteiger partial charge < -0.3 is 5.11 Å². The Morgan fingerprint density at radius 3 is 2.33 bits per heavy atom. The largest absolute Gasteiger partial charge is 0.480 e. The first-order chi connectivity index (χ1) is 5.70. The second-order valence-electron chi connectivity index (χ2n) is 4.02. The van der Waals surface area contributed by atoms with E-state index in [9.17, 15) is 4.79 Å². The van der Waals surface area contributed by atoms with Crippen LogP contribution in [-0.2, 0) is 4.79 Å². The van der Waals surface area contributed by atoms with Crippen LogP contribution in [-0.4, -0.2) is 35.1 Å². The van der Waals surface area contributed by atoms with E-state index in [-0.39, 0.29) is 6.04 Å². The Bertz CT molecular complexity index is 197. The van der Waals surface area contributed by atoms with Crippen molar-refractivity contribution in [2.45, 2.75) is 37.8 Å². The van der Waals surface area contributed by atoms with Crippen molar-refractivity contribution < 1.29 is 9.90 Å². The van der Waals surface area contributed by atoms with Crippen molar-refractivity contribution in [1.82, 2.24) is 4.90 Å². The maximum atomic E-state index is 10.9. The zero-order valence-corrected chi connectivity index (χ0v) is 7.36. The Labute approximate surface area is 72.4 Å². The summed E-state index contributed by atoms with van der Waals surface area (Å²) in [6, 6.07) is 0.365. The van der Waals surface area contributed by atoms with Crippen molar-refractivity contribution in [3.8, 4) is 0 Å². The summed E-state index contributed by atoms with van der Waals surface area (Å²) in [6.07, 6.45) is 4.59. The predicted octanol–water partition coefficient (Wildman–Crippen LogP) is 0.944. The van der Waals surface area contributed by atoms with Crippen LogP contribution in [0.2, 0.25) is 0 Å². The van der Waals surface area contributed by atoms with Gasteiger partial charge in [0.25, 0.3) is 0 Å². The molecule has 12 heavy (non-hydrogen) atoms. The van der Waals surface area contributed by atoms with Gasteiger partial charge in [0, 0.05) is 6.04 Å². The summed E-state index contributed by atoms with van der Waals surface area (Å²) in [4.78, 5) is 13.0. The van der Waals surface area contributed by atoms with Gasteiger partial charge in [-0.3, -0.25) is 9.69 Å². The minimum absolute atomic E-state index is 0.197. The molecule has 1 unspecified atom stereocenters. The number of carboxylic acids is 1. The number of aliphatic carboxylic acids is 1. The zero-order valence-electron chi connectivity index (χ0n) is 7.36. The lowest BCUT2D eigenvalue weighted by Crippen LogP contribution is -2.41. The molecule has 2 aliphatic rings. The number of likely N-dealkylation sites (N-methyl/N-ethyl adjacent to an activating group) is 1. The summed E-state index contributed by atoms with van der Waals surface area (Å²) in [7, 11) is 1.95. The number of nitrogens with zero attached hydrogens (tertiary/aromatic N) is 1. The van der Waals surface area contributed by atoms with Gasteiger partial charge >= 0.3 is 5.97 Å². The molecule has 0 bridgehead atoms. The van der Waals surface area contributed by atoms with Gasteiger partial charge in [0.1, 0.15) is 6.04 Å². The first-order valence-electron chi connectivity index (χ1n) is 4.65. The molecule has 2 rings (SSSR count). The van der Waals surface area contributed by atoms with Gasteiger partial charge in [-0.25, -0.2) is 0 Å². The summed E-state index contributed by atoms with van der Waals surface area (Å²) in [5.41, 5.74) is 0. The van der Waals surface area contributed by atoms with Gasteiger partial charge in [-0.05, 0) is 38.6 Å². The average Bonchev–Trinajstić information content (AvgIpc) is 2.84. The molecule has 1 N–H and O–H groups in total. The van der Waals surface area contributed by atoms with Crippen LogP contribution in [0.4, 0.5) is 0 Å². The van der Waals surface area contributed by atoms with Gasteiger partial charge in [-0.15, -0.1) is 0 Å². The van der Waals surface area contributed by atoms with Gasteiger partial charge in [0.2, 0.25) is 0 Å². The van der Waals surface area contributed by atoms with E-state index < -0.39 is 5.97 Å². The molecule has 0 heterocycles. The van der Waals surface area contributed by atoms with E-state index >= 15 is 0 Å². The highest BCUT2D eigenvalue weighted by Crippen LogP contribution is 2.38. The maximum absolute atomic E-state index is 10.9. The predicted molar refractivity (Wildman–Crippen MR) is 44.9 cm³/mol. The lowest BCUT2D eigenvalue weighted by molar-refractivity contribution is -0.143. The summed E-state index contributed by atoms with van der Waals surface area (Å²) in [6.45, 7) is 0. The fraction of sp³-hybridized carbons (Fsp3) is 0.889. The summed E-state index contributed by atoms with van der Waals surface area (Å²) < 4.78 is 0. The smallest absolute Gasteiger partial charge is 0.321 e. The summed E-state index contributed by atoms with van der Waals surface area (Å²) in [5, 5.41) is 8.99. The number of carbonyl (C=O) groups is 1. The van der Waals surface area contributed by atoms with E-state index in [1.807, 2.05) is 7.05 Å². The normalized spacial score (nSPS) is 25.8. The molecular weight excluding hydrogens is 154 g/mol. The Morgan fingerprint density at radius 2 is 2.00 bits per heavy atom. The highest BCUT2D eigenvalue weighted by atomic mass is 16.4. The Balaban J connectivity index is 1.98. The van der Waals surface area contributed by atoms with E-state index in [1.165, 1.54) is 12.8 Å². The van der Waals surface area contributed by atoms with E-state index in [0.29, 0.717) is 12.0 Å². The second-order valence-corrected chi connectivity index (χ2v) is 4.02. The van der Waals surface area contributed by atoms with E-state index in [1.54, 1.807) is 0 Å². The molecule has 2 aliphatic carbocycles. The van der Waals surface area contributed by atoms with Crippen LogP contribution in [0, 0.1) is 5.92 Å². The number of carboxylic acid groups (broad SMARTS) is 1. The van der Waals surface area contributed by atoms with Crippen molar-refractivity contribution >= 4 is 5.97 Å². The van der Waals surface area contributed by atoms with Gasteiger partial charge in [0.05, 0.1) is 0 Å². The highest BCUT2D eigenvalue weighted by molar-refractivity contribution is 5.74. The van der Waals surface area contributed by atoms with Crippen LogP contribution < -0.4 is 0 Å². The molecule has 0 aliphatic heterocycles. The van der Waals surface area contributed by atoms with Gasteiger partial charge in [0.15, 0.2) is 0 Å². The maximum Gasteiger partial charge on any atom is 0.321 e. The second kappa shape index (κ2) is 2.73. The van der Waals surface area contributed by atoms with Crippen LogP contribution in [0.1, 0.15) is 25.7 Å². The van der Waals surface area contributed by atoms with E-state index in [4.69, 9.17) is 5.11 Å². The molecule has 3 heteroatoms. The quantitative estimate of drug-likeness (QED) is 0.681. The third-order valence-corrected chi connectivity index (χ3v) is 2.88. The molecule has 0 saturated heterocycles. The lowest BCUT2D eigenvalue weighted by atomic mass is 10.1. The molecule has 0 aromatic rings. The van der Waals surface area contributed by atoms with Crippen LogP contribution in [0.25, 0.3) is 0 Å². The standard InChI is InChI=1S/C9H15NO2/c1-10(7-4-5-7)8(9(11)12)6-2-3-6/h6-8H,2-5H2,1H3,(H,11,12). The molecule has 3 nitrogen and oxygen atoms in total. The number of rotatable bonds is 4.